The summed E-state index contributed by atoms with van der Waals surface area (Å²) in [5, 5.41) is 2.01. The summed E-state index contributed by atoms with van der Waals surface area (Å²) in [6, 6.07) is 18.3. The van der Waals surface area contributed by atoms with E-state index in [1.54, 1.807) is 0 Å². The average molecular weight is 224 g/mol. The highest BCUT2D eigenvalue weighted by Gasteiger charge is 1.93. The van der Waals surface area contributed by atoms with Gasteiger partial charge in [0.05, 0.1) is 0 Å². The number of benzene rings is 2. The Morgan fingerprint density at radius 3 is 1.41 bits per heavy atom. The monoisotopic (exact) mass is 224 g/mol. The molecule has 0 atom stereocenters. The minimum atomic E-state index is 0.659. The lowest BCUT2D eigenvalue weighted by Gasteiger charge is -2.01. The van der Waals surface area contributed by atoms with Crippen molar-refractivity contribution in [2.75, 3.05) is 0 Å². The molecule has 0 aliphatic rings. The third kappa shape index (κ3) is 4.69. The fraction of sp³-hybridized carbons (Fsp3) is 0.176. The number of rotatable bonds is 1. The normalized spacial score (nSPS) is 9.59. The van der Waals surface area contributed by atoms with Crippen LogP contribution in [0.2, 0.25) is 0 Å². The van der Waals surface area contributed by atoms with Crippen LogP contribution >= 0.6 is 0 Å². The molecule has 0 saturated carbocycles. The first-order valence-corrected chi connectivity index (χ1v) is 5.89. The van der Waals surface area contributed by atoms with Crippen molar-refractivity contribution in [1.82, 2.24) is 0 Å². The average Bonchev–Trinajstić information content (AvgIpc) is 2.35. The van der Waals surface area contributed by atoms with Crippen LogP contribution in [0, 0.1) is 0 Å². The van der Waals surface area contributed by atoms with Gasteiger partial charge in [0.25, 0.3) is 0 Å². The predicted molar refractivity (Wildman–Crippen MR) is 77.3 cm³/mol. The Bertz CT molecular complexity index is 494. The molecule has 0 aliphatic heterocycles. The van der Waals surface area contributed by atoms with Crippen LogP contribution in [0.3, 0.4) is 0 Å². The molecule has 0 radical (unpaired) electrons. The molecule has 0 heteroatoms. The Kier molecular flexibility index (Phi) is 5.22. The van der Waals surface area contributed by atoms with E-state index in [0.717, 1.165) is 10.4 Å². The highest BCUT2D eigenvalue weighted by atomic mass is 14.0. The maximum absolute atomic E-state index is 3.76. The molecule has 17 heavy (non-hydrogen) atoms. The van der Waals surface area contributed by atoms with E-state index in [1.807, 2.05) is 30.3 Å². The molecule has 0 unspecified atom stereocenters. The van der Waals surface area contributed by atoms with Gasteiger partial charge in [-0.05, 0) is 21.9 Å². The SMILES string of the molecule is C=c1ccccc1=C.CC(C)c1ccccc1. The second-order valence-corrected chi connectivity index (χ2v) is 4.33. The van der Waals surface area contributed by atoms with Gasteiger partial charge in [0.15, 0.2) is 0 Å². The Morgan fingerprint density at radius 1 is 0.706 bits per heavy atom. The largest absolute Gasteiger partial charge is 0.0912 e. The third-order valence-corrected chi connectivity index (χ3v) is 2.58. The summed E-state index contributed by atoms with van der Waals surface area (Å²) in [7, 11) is 0. The summed E-state index contributed by atoms with van der Waals surface area (Å²) in [6.07, 6.45) is 0. The van der Waals surface area contributed by atoms with Gasteiger partial charge in [-0.25, -0.2) is 0 Å². The zero-order valence-electron chi connectivity index (χ0n) is 10.7. The van der Waals surface area contributed by atoms with Gasteiger partial charge >= 0.3 is 0 Å². The van der Waals surface area contributed by atoms with Crippen LogP contribution in [0.15, 0.2) is 54.6 Å². The van der Waals surface area contributed by atoms with Crippen molar-refractivity contribution in [3.63, 3.8) is 0 Å². The number of hydrogen-bond donors (Lipinski definition) is 0. The maximum atomic E-state index is 3.76. The lowest BCUT2D eigenvalue weighted by Crippen LogP contribution is -2.19. The molecule has 0 bridgehead atoms. The second kappa shape index (κ2) is 6.70. The van der Waals surface area contributed by atoms with E-state index in [9.17, 15) is 0 Å². The summed E-state index contributed by atoms with van der Waals surface area (Å²) in [4.78, 5) is 0. The highest BCUT2D eigenvalue weighted by Crippen LogP contribution is 2.11. The Balaban J connectivity index is 0.000000171. The van der Waals surface area contributed by atoms with E-state index in [1.165, 1.54) is 5.56 Å². The van der Waals surface area contributed by atoms with Crippen LogP contribution in [-0.4, -0.2) is 0 Å². The fourth-order valence-electron chi connectivity index (χ4n) is 1.40. The molecule has 2 aromatic carbocycles. The van der Waals surface area contributed by atoms with E-state index < -0.39 is 0 Å². The van der Waals surface area contributed by atoms with Crippen LogP contribution in [0.5, 0.6) is 0 Å². The first kappa shape index (κ1) is 13.2. The topological polar surface area (TPSA) is 0 Å². The smallest absolute Gasteiger partial charge is 0.0219 e. The van der Waals surface area contributed by atoms with Crippen LogP contribution in [-0.2, 0) is 0 Å². The molecule has 2 aromatic rings. The van der Waals surface area contributed by atoms with Crippen molar-refractivity contribution in [1.29, 1.82) is 0 Å². The van der Waals surface area contributed by atoms with Crippen LogP contribution < -0.4 is 10.4 Å². The van der Waals surface area contributed by atoms with Crippen molar-refractivity contribution in [2.45, 2.75) is 19.8 Å². The standard InChI is InChI=1S/C9H12.C8H8/c1-8(2)9-6-4-3-5-7-9;1-7-5-3-4-6-8(7)2/h3-8H,1-2H3;3-6H,1-2H2. The van der Waals surface area contributed by atoms with Crippen LogP contribution in [0.1, 0.15) is 25.3 Å². The zero-order valence-corrected chi connectivity index (χ0v) is 10.7. The second-order valence-electron chi connectivity index (χ2n) is 4.33. The molecule has 0 saturated heterocycles. The summed E-state index contributed by atoms with van der Waals surface area (Å²) in [6.45, 7) is 11.9. The molecule has 0 N–H and O–H groups in total. The quantitative estimate of drug-likeness (QED) is 0.697. The summed E-state index contributed by atoms with van der Waals surface area (Å²) >= 11 is 0. The van der Waals surface area contributed by atoms with Crippen molar-refractivity contribution in [3.8, 4) is 0 Å². The molecular weight excluding hydrogens is 204 g/mol. The Morgan fingerprint density at radius 2 is 1.12 bits per heavy atom. The summed E-state index contributed by atoms with van der Waals surface area (Å²) in [5.41, 5.74) is 1.41. The molecule has 2 rings (SSSR count). The summed E-state index contributed by atoms with van der Waals surface area (Å²) in [5.74, 6) is 0.659. The lowest BCUT2D eigenvalue weighted by atomic mass is 10.0. The third-order valence-electron chi connectivity index (χ3n) is 2.58. The molecule has 0 aliphatic carbocycles. The predicted octanol–water partition coefficient (Wildman–Crippen LogP) is 3.32. The lowest BCUT2D eigenvalue weighted by molar-refractivity contribution is 0.867. The Hall–Kier alpha value is -1.82. The number of hydrogen-bond acceptors (Lipinski definition) is 0. The van der Waals surface area contributed by atoms with Crippen molar-refractivity contribution >= 4 is 13.2 Å². The van der Waals surface area contributed by atoms with Gasteiger partial charge in [0.2, 0.25) is 0 Å². The first-order valence-electron chi connectivity index (χ1n) is 5.89. The minimum absolute atomic E-state index is 0.659. The van der Waals surface area contributed by atoms with E-state index in [2.05, 4.69) is 51.3 Å². The minimum Gasteiger partial charge on any atom is -0.0912 e. The highest BCUT2D eigenvalue weighted by molar-refractivity contribution is 5.17. The molecule has 0 amide bonds. The van der Waals surface area contributed by atoms with Gasteiger partial charge in [-0.3, -0.25) is 0 Å². The molecule has 0 spiro atoms. The molecule has 0 heterocycles. The van der Waals surface area contributed by atoms with E-state index >= 15 is 0 Å². The van der Waals surface area contributed by atoms with Crippen molar-refractivity contribution < 1.29 is 0 Å². The van der Waals surface area contributed by atoms with Gasteiger partial charge in [0.1, 0.15) is 0 Å². The van der Waals surface area contributed by atoms with E-state index in [4.69, 9.17) is 0 Å². The van der Waals surface area contributed by atoms with Crippen molar-refractivity contribution in [2.24, 2.45) is 0 Å². The van der Waals surface area contributed by atoms with Gasteiger partial charge in [-0.2, -0.15) is 0 Å². The maximum Gasteiger partial charge on any atom is -0.0219 e. The summed E-state index contributed by atoms with van der Waals surface area (Å²) < 4.78 is 0. The molecule has 0 nitrogen and oxygen atoms in total. The van der Waals surface area contributed by atoms with Gasteiger partial charge < -0.3 is 0 Å². The molecule has 88 valence electrons. The van der Waals surface area contributed by atoms with Gasteiger partial charge in [0, 0.05) is 0 Å². The van der Waals surface area contributed by atoms with Crippen molar-refractivity contribution in [3.05, 3.63) is 70.6 Å². The van der Waals surface area contributed by atoms with E-state index in [-0.39, 0.29) is 0 Å². The molecule has 0 fully saturated rings. The van der Waals surface area contributed by atoms with Crippen LogP contribution in [0.4, 0.5) is 0 Å². The van der Waals surface area contributed by atoms with Gasteiger partial charge in [-0.15, -0.1) is 0 Å². The molecule has 0 aromatic heterocycles. The van der Waals surface area contributed by atoms with Gasteiger partial charge in [-0.1, -0.05) is 81.6 Å². The zero-order chi connectivity index (χ0) is 12.7. The molecular formula is C17H20. The van der Waals surface area contributed by atoms with E-state index in [0.29, 0.717) is 5.92 Å². The first-order chi connectivity index (χ1) is 8.11. The Labute approximate surface area is 104 Å². The van der Waals surface area contributed by atoms with Crippen LogP contribution in [0.25, 0.3) is 13.2 Å². The fourth-order valence-corrected chi connectivity index (χ4v) is 1.40.